The number of nitrogens with zero attached hydrogens (tertiary/aromatic N) is 3. The zero-order valence-corrected chi connectivity index (χ0v) is 12.9. The number of methoxy groups -OCH3 is 1. The minimum atomic E-state index is -0.918. The van der Waals surface area contributed by atoms with Crippen LogP contribution < -0.4 is 0 Å². The molecule has 0 fully saturated rings. The van der Waals surface area contributed by atoms with E-state index in [0.29, 0.717) is 0 Å². The van der Waals surface area contributed by atoms with Gasteiger partial charge in [0.05, 0.1) is 24.5 Å². The summed E-state index contributed by atoms with van der Waals surface area (Å²) in [6.07, 6.45) is 2.30. The Morgan fingerprint density at radius 2 is 2.04 bits per heavy atom. The molecule has 0 unspecified atom stereocenters. The number of hydrazone groups is 1. The van der Waals surface area contributed by atoms with E-state index in [-0.39, 0.29) is 16.7 Å². The molecule has 0 N–H and O–H groups in total. The Morgan fingerprint density at radius 1 is 1.29 bits per heavy atom. The summed E-state index contributed by atoms with van der Waals surface area (Å²) in [7, 11) is 2.49. The largest absolute Gasteiger partial charge is 0.465 e. The van der Waals surface area contributed by atoms with Crippen LogP contribution in [-0.4, -0.2) is 42.2 Å². The minimum Gasteiger partial charge on any atom is -0.465 e. The van der Waals surface area contributed by atoms with Crippen LogP contribution in [0.4, 0.5) is 8.78 Å². The van der Waals surface area contributed by atoms with Gasteiger partial charge in [-0.1, -0.05) is 0 Å². The van der Waals surface area contributed by atoms with Crippen molar-refractivity contribution in [2.75, 3.05) is 14.2 Å². The zero-order chi connectivity index (χ0) is 17.7. The van der Waals surface area contributed by atoms with Crippen molar-refractivity contribution < 1.29 is 23.1 Å². The predicted octanol–water partition coefficient (Wildman–Crippen LogP) is 2.25. The fourth-order valence-corrected chi connectivity index (χ4v) is 1.80. The fraction of sp³-hybridized carbons (Fsp3) is 0.125. The summed E-state index contributed by atoms with van der Waals surface area (Å²) in [6.45, 7) is 0. The predicted molar refractivity (Wildman–Crippen MR) is 81.6 cm³/mol. The maximum atomic E-state index is 13.9. The van der Waals surface area contributed by atoms with Crippen LogP contribution >= 0.6 is 0 Å². The van der Waals surface area contributed by atoms with Gasteiger partial charge in [-0.15, -0.1) is 0 Å². The van der Waals surface area contributed by atoms with Crippen LogP contribution in [0.15, 0.2) is 41.6 Å². The molecule has 0 spiro atoms. The average molecular weight is 333 g/mol. The molecule has 0 saturated heterocycles. The third-order valence-electron chi connectivity index (χ3n) is 3.07. The number of rotatable bonds is 4. The van der Waals surface area contributed by atoms with Crippen LogP contribution in [0.1, 0.15) is 26.3 Å². The van der Waals surface area contributed by atoms with Gasteiger partial charge in [-0.2, -0.15) is 9.49 Å². The van der Waals surface area contributed by atoms with Crippen LogP contribution in [0, 0.1) is 11.8 Å². The van der Waals surface area contributed by atoms with Crippen LogP contribution in [0.3, 0.4) is 0 Å². The first-order valence-corrected chi connectivity index (χ1v) is 6.74. The van der Waals surface area contributed by atoms with E-state index in [4.69, 9.17) is 0 Å². The number of ether oxygens (including phenoxy) is 1. The molecule has 1 aromatic heterocycles. The van der Waals surface area contributed by atoms with Gasteiger partial charge in [0, 0.05) is 18.8 Å². The summed E-state index contributed by atoms with van der Waals surface area (Å²) >= 11 is 0. The van der Waals surface area contributed by atoms with E-state index in [1.54, 1.807) is 0 Å². The summed E-state index contributed by atoms with van der Waals surface area (Å²) in [6, 6.07) is 6.35. The maximum absolute atomic E-state index is 13.9. The summed E-state index contributed by atoms with van der Waals surface area (Å²) in [5, 5.41) is 4.63. The number of halogens is 2. The Balaban J connectivity index is 2.17. The first-order valence-electron chi connectivity index (χ1n) is 6.74. The highest BCUT2D eigenvalue weighted by molar-refractivity contribution is 5.95. The molecule has 2 rings (SSSR count). The molecule has 6 nitrogen and oxygen atoms in total. The number of aromatic nitrogens is 1. The molecular weight excluding hydrogens is 320 g/mol. The molecule has 1 aromatic carbocycles. The van der Waals surface area contributed by atoms with Gasteiger partial charge in [0.1, 0.15) is 5.82 Å². The van der Waals surface area contributed by atoms with E-state index in [2.05, 4.69) is 14.8 Å². The third kappa shape index (κ3) is 3.78. The van der Waals surface area contributed by atoms with E-state index in [1.165, 1.54) is 44.6 Å². The molecule has 0 bridgehead atoms. The molecule has 0 saturated carbocycles. The van der Waals surface area contributed by atoms with Crippen LogP contribution in [0.5, 0.6) is 0 Å². The lowest BCUT2D eigenvalue weighted by Gasteiger charge is -2.11. The zero-order valence-electron chi connectivity index (χ0n) is 12.9. The van der Waals surface area contributed by atoms with E-state index in [9.17, 15) is 18.4 Å². The molecule has 1 amide bonds. The molecule has 1 heterocycles. The van der Waals surface area contributed by atoms with Crippen LogP contribution in [0.2, 0.25) is 0 Å². The average Bonchev–Trinajstić information content (AvgIpc) is 2.59. The molecule has 0 aliphatic rings. The lowest BCUT2D eigenvalue weighted by Crippen LogP contribution is -2.23. The van der Waals surface area contributed by atoms with Crippen LogP contribution in [0.25, 0.3) is 0 Å². The Hall–Kier alpha value is -3.16. The molecule has 2 aromatic rings. The molecule has 124 valence electrons. The number of esters is 1. The van der Waals surface area contributed by atoms with Crippen molar-refractivity contribution in [2.45, 2.75) is 0 Å². The quantitative estimate of drug-likeness (QED) is 0.372. The lowest BCUT2D eigenvalue weighted by molar-refractivity contribution is 0.0600. The van der Waals surface area contributed by atoms with E-state index >= 15 is 0 Å². The van der Waals surface area contributed by atoms with E-state index < -0.39 is 23.6 Å². The van der Waals surface area contributed by atoms with Crippen molar-refractivity contribution in [3.05, 3.63) is 65.0 Å². The highest BCUT2D eigenvalue weighted by Crippen LogP contribution is 2.11. The van der Waals surface area contributed by atoms with Crippen molar-refractivity contribution in [3.63, 3.8) is 0 Å². The number of carbonyl (C=O) groups excluding carboxylic acids is 2. The van der Waals surface area contributed by atoms with Gasteiger partial charge in [-0.3, -0.25) is 4.79 Å². The molecule has 0 atom stereocenters. The van der Waals surface area contributed by atoms with Crippen molar-refractivity contribution in [1.82, 2.24) is 9.99 Å². The molecule has 0 aliphatic heterocycles. The second kappa shape index (κ2) is 7.40. The van der Waals surface area contributed by atoms with Gasteiger partial charge in [0.2, 0.25) is 5.95 Å². The molecule has 0 radical (unpaired) electrons. The van der Waals surface area contributed by atoms with E-state index in [0.717, 1.165) is 17.3 Å². The highest BCUT2D eigenvalue weighted by atomic mass is 19.1. The van der Waals surface area contributed by atoms with Gasteiger partial charge in [0.15, 0.2) is 0 Å². The number of amides is 1. The molecule has 8 heteroatoms. The summed E-state index contributed by atoms with van der Waals surface area (Å²) in [5.41, 5.74) is -0.151. The summed E-state index contributed by atoms with van der Waals surface area (Å²) in [5.74, 6) is -3.03. The van der Waals surface area contributed by atoms with Gasteiger partial charge in [0.25, 0.3) is 5.91 Å². The molecular formula is C16H13F2N3O3. The number of carbonyl (C=O) groups is 2. The first kappa shape index (κ1) is 17.2. The van der Waals surface area contributed by atoms with Gasteiger partial charge < -0.3 is 4.74 Å². The van der Waals surface area contributed by atoms with Crippen molar-refractivity contribution in [2.24, 2.45) is 5.10 Å². The number of hydrogen-bond donors (Lipinski definition) is 0. The maximum Gasteiger partial charge on any atom is 0.337 e. The van der Waals surface area contributed by atoms with Crippen molar-refractivity contribution >= 4 is 18.1 Å². The topological polar surface area (TPSA) is 71.9 Å². The van der Waals surface area contributed by atoms with E-state index in [1.807, 2.05) is 0 Å². The second-order valence-corrected chi connectivity index (χ2v) is 4.64. The highest BCUT2D eigenvalue weighted by Gasteiger charge is 2.16. The Labute approximate surface area is 136 Å². The Bertz CT molecular complexity index is 809. The standard InChI is InChI=1S/C16H13F2N3O3/c1-21(15(22)12-4-3-7-19-14(12)18)20-9-11-6-5-10(8-13(11)17)16(23)24-2/h3-9H,1-2H3/b20-9+. The number of hydrogen-bond acceptors (Lipinski definition) is 5. The number of pyridine rings is 1. The number of benzene rings is 1. The monoisotopic (exact) mass is 333 g/mol. The Morgan fingerprint density at radius 3 is 2.67 bits per heavy atom. The third-order valence-corrected chi connectivity index (χ3v) is 3.07. The Kier molecular flexibility index (Phi) is 5.31. The molecule has 0 aliphatic carbocycles. The smallest absolute Gasteiger partial charge is 0.337 e. The summed E-state index contributed by atoms with van der Waals surface area (Å²) in [4.78, 5) is 26.7. The fourth-order valence-electron chi connectivity index (χ4n) is 1.80. The second-order valence-electron chi connectivity index (χ2n) is 4.64. The van der Waals surface area contributed by atoms with Gasteiger partial charge in [-0.05, 0) is 30.3 Å². The lowest BCUT2D eigenvalue weighted by atomic mass is 10.1. The summed E-state index contributed by atoms with van der Waals surface area (Å²) < 4.78 is 31.9. The van der Waals surface area contributed by atoms with Crippen molar-refractivity contribution in [1.29, 1.82) is 0 Å². The first-order chi connectivity index (χ1) is 11.4. The minimum absolute atomic E-state index is 0.0500. The van der Waals surface area contributed by atoms with Crippen LogP contribution in [-0.2, 0) is 4.74 Å². The van der Waals surface area contributed by atoms with Crippen molar-refractivity contribution in [3.8, 4) is 0 Å². The van der Waals surface area contributed by atoms with Gasteiger partial charge in [-0.25, -0.2) is 19.2 Å². The molecule has 24 heavy (non-hydrogen) atoms. The SMILES string of the molecule is COC(=O)c1ccc(/C=N/N(C)C(=O)c2cccnc2F)c(F)c1. The van der Waals surface area contributed by atoms with Gasteiger partial charge >= 0.3 is 5.97 Å². The normalized spacial score (nSPS) is 10.7.